The van der Waals surface area contributed by atoms with E-state index in [0.29, 0.717) is 22.3 Å². The Morgan fingerprint density at radius 3 is 1.70 bits per heavy atom. The molecule has 4 heteroatoms. The lowest BCUT2D eigenvalue weighted by Gasteiger charge is -2.38. The molecule has 0 saturated carbocycles. The van der Waals surface area contributed by atoms with Crippen molar-refractivity contribution in [3.63, 3.8) is 0 Å². The predicted octanol–water partition coefficient (Wildman–Crippen LogP) is 8.86. The van der Waals surface area contributed by atoms with E-state index in [0.717, 1.165) is 60.1 Å². The molecular weight excluding hydrogens is 541 g/mol. The first kappa shape index (κ1) is 35.7. The van der Waals surface area contributed by atoms with E-state index in [2.05, 4.69) is 112 Å². The van der Waals surface area contributed by atoms with Gasteiger partial charge in [-0.25, -0.2) is 9.97 Å². The third-order valence-corrected chi connectivity index (χ3v) is 13.9. The van der Waals surface area contributed by atoms with Gasteiger partial charge in [-0.15, -0.1) is 5.54 Å². The van der Waals surface area contributed by atoms with Crippen molar-refractivity contribution >= 4 is 8.07 Å². The van der Waals surface area contributed by atoms with Gasteiger partial charge in [0.05, 0.1) is 0 Å². The summed E-state index contributed by atoms with van der Waals surface area (Å²) in [6.45, 7) is 21.7. The van der Waals surface area contributed by atoms with Crippen molar-refractivity contribution in [2.45, 2.75) is 124 Å². The number of aromatic nitrogens is 2. The van der Waals surface area contributed by atoms with E-state index in [9.17, 15) is 5.11 Å². The van der Waals surface area contributed by atoms with Gasteiger partial charge in [-0.1, -0.05) is 104 Å². The summed E-state index contributed by atoms with van der Waals surface area (Å²) in [5, 5.41) is 9.83. The summed E-state index contributed by atoms with van der Waals surface area (Å²) < 4.78 is 0. The summed E-state index contributed by atoms with van der Waals surface area (Å²) in [6, 6.07) is 7.78. The van der Waals surface area contributed by atoms with E-state index < -0.39 is 13.7 Å². The fraction of sp³-hybridized carbons (Fsp3) is 0.487. The van der Waals surface area contributed by atoms with Crippen molar-refractivity contribution in [2.24, 2.45) is 0 Å². The fourth-order valence-electron chi connectivity index (χ4n) is 5.38. The maximum absolute atomic E-state index is 9.83. The monoisotopic (exact) mass is 590 g/mol. The Labute approximate surface area is 263 Å². The summed E-state index contributed by atoms with van der Waals surface area (Å²) in [5.41, 5.74) is 9.79. The average Bonchev–Trinajstić information content (AvgIpc) is 2.95. The van der Waals surface area contributed by atoms with Crippen molar-refractivity contribution in [3.05, 3.63) is 70.3 Å². The molecule has 0 aliphatic rings. The molecule has 0 aliphatic heterocycles. The van der Waals surface area contributed by atoms with Crippen molar-refractivity contribution in [3.8, 4) is 47.0 Å². The molecule has 2 heterocycles. The molecule has 2 rings (SSSR count). The number of rotatable bonds is 8. The molecule has 0 amide bonds. The standard InChI is InChI=1S/C39H50N2OSi/c1-11-13-15-36(20-23-37-21-18-34(29-40-37)24-26-39(9,10)42)35(14-12-2)19-16-33-17-22-38(41-28-33)25-27-43(30(3)4,31(5)6)32(7)8/h17-18,21-22,28-32,42H,11-15H2,1-10H3. The Morgan fingerprint density at radius 2 is 1.23 bits per heavy atom. The van der Waals surface area contributed by atoms with E-state index in [1.54, 1.807) is 20.0 Å². The summed E-state index contributed by atoms with van der Waals surface area (Å²) in [7, 11) is -1.80. The van der Waals surface area contributed by atoms with Gasteiger partial charge in [-0.2, -0.15) is 0 Å². The van der Waals surface area contributed by atoms with E-state index in [-0.39, 0.29) is 0 Å². The molecule has 0 saturated heterocycles. The Balaban J connectivity index is 2.39. The van der Waals surface area contributed by atoms with Crippen LogP contribution in [0.5, 0.6) is 0 Å². The summed E-state index contributed by atoms with van der Waals surface area (Å²) in [5.74, 6) is 22.6. The highest BCUT2D eigenvalue weighted by atomic mass is 28.3. The molecule has 2 aromatic heterocycles. The second-order valence-electron chi connectivity index (χ2n) is 12.6. The molecular formula is C39H50N2OSi. The summed E-state index contributed by atoms with van der Waals surface area (Å²) in [4.78, 5) is 9.12. The van der Waals surface area contributed by atoms with Crippen LogP contribution >= 0.6 is 0 Å². The van der Waals surface area contributed by atoms with Crippen LogP contribution in [-0.2, 0) is 0 Å². The number of hydrogen-bond donors (Lipinski definition) is 1. The van der Waals surface area contributed by atoms with Crippen LogP contribution in [0.15, 0.2) is 47.8 Å². The van der Waals surface area contributed by atoms with Gasteiger partial charge in [-0.05, 0) is 79.9 Å². The zero-order chi connectivity index (χ0) is 32.0. The van der Waals surface area contributed by atoms with Gasteiger partial charge in [0.2, 0.25) is 0 Å². The van der Waals surface area contributed by atoms with Crippen LogP contribution in [0.3, 0.4) is 0 Å². The van der Waals surface area contributed by atoms with Crippen LogP contribution < -0.4 is 0 Å². The Bertz CT molecular complexity index is 1450. The van der Waals surface area contributed by atoms with Gasteiger partial charge in [0.25, 0.3) is 0 Å². The number of nitrogens with zero attached hydrogens (tertiary/aromatic N) is 2. The zero-order valence-electron chi connectivity index (χ0n) is 28.1. The van der Waals surface area contributed by atoms with Crippen LogP contribution in [0.1, 0.15) is 124 Å². The molecule has 0 unspecified atom stereocenters. The first-order valence-electron chi connectivity index (χ1n) is 15.8. The highest BCUT2D eigenvalue weighted by Crippen LogP contribution is 2.40. The first-order valence-corrected chi connectivity index (χ1v) is 18.0. The van der Waals surface area contributed by atoms with Crippen LogP contribution in [0.25, 0.3) is 0 Å². The molecule has 2 aromatic rings. The van der Waals surface area contributed by atoms with E-state index >= 15 is 0 Å². The fourth-order valence-corrected chi connectivity index (χ4v) is 10.6. The van der Waals surface area contributed by atoms with Gasteiger partial charge < -0.3 is 5.11 Å². The Hall–Kier alpha value is -3.54. The second kappa shape index (κ2) is 16.9. The minimum absolute atomic E-state index is 0.591. The van der Waals surface area contributed by atoms with Crippen molar-refractivity contribution in [1.29, 1.82) is 0 Å². The summed E-state index contributed by atoms with van der Waals surface area (Å²) in [6.07, 6.45) is 8.45. The Morgan fingerprint density at radius 1 is 0.721 bits per heavy atom. The summed E-state index contributed by atoms with van der Waals surface area (Å²) >= 11 is 0. The normalized spacial score (nSPS) is 11.9. The molecule has 1 N–H and O–H groups in total. The van der Waals surface area contributed by atoms with E-state index in [1.807, 2.05) is 30.5 Å². The molecule has 0 aliphatic carbocycles. The number of hydrogen-bond acceptors (Lipinski definition) is 3. The van der Waals surface area contributed by atoms with E-state index in [4.69, 9.17) is 0 Å². The number of pyridine rings is 2. The van der Waals surface area contributed by atoms with Gasteiger partial charge >= 0.3 is 0 Å². The molecule has 0 fully saturated rings. The third-order valence-electron chi connectivity index (χ3n) is 7.66. The minimum Gasteiger partial charge on any atom is -0.378 e. The molecule has 0 spiro atoms. The third kappa shape index (κ3) is 11.2. The first-order chi connectivity index (χ1) is 20.3. The second-order valence-corrected chi connectivity index (χ2v) is 18.2. The van der Waals surface area contributed by atoms with Crippen LogP contribution in [0, 0.1) is 47.0 Å². The minimum atomic E-state index is -1.80. The number of aliphatic hydroxyl groups is 1. The van der Waals surface area contributed by atoms with Crippen molar-refractivity contribution in [2.75, 3.05) is 0 Å². The van der Waals surface area contributed by atoms with Crippen molar-refractivity contribution < 1.29 is 5.11 Å². The van der Waals surface area contributed by atoms with Gasteiger partial charge in [0, 0.05) is 34.7 Å². The molecule has 0 aromatic carbocycles. The number of allylic oxidation sites excluding steroid dienone is 2. The van der Waals surface area contributed by atoms with Crippen LogP contribution in [0.2, 0.25) is 16.6 Å². The lowest BCUT2D eigenvalue weighted by atomic mass is 9.99. The topological polar surface area (TPSA) is 46.0 Å². The smallest absolute Gasteiger partial charge is 0.146 e. The molecule has 0 bridgehead atoms. The van der Waals surface area contributed by atoms with Crippen molar-refractivity contribution in [1.82, 2.24) is 9.97 Å². The highest BCUT2D eigenvalue weighted by Gasteiger charge is 2.41. The average molecular weight is 591 g/mol. The maximum Gasteiger partial charge on any atom is 0.146 e. The SMILES string of the molecule is CCCCC(C#Cc1ccc(C#CC(C)(C)O)cn1)=C(C#Cc1ccc(C#C[Si](C(C)C)(C(C)C)C(C)C)nc1)CCC. The lowest BCUT2D eigenvalue weighted by molar-refractivity contribution is 0.143. The number of unbranched alkanes of at least 4 members (excludes halogenated alkanes) is 1. The van der Waals surface area contributed by atoms with Gasteiger partial charge in [-0.3, -0.25) is 0 Å². The van der Waals surface area contributed by atoms with Crippen LogP contribution in [0.4, 0.5) is 0 Å². The lowest BCUT2D eigenvalue weighted by Crippen LogP contribution is -2.43. The zero-order valence-corrected chi connectivity index (χ0v) is 29.1. The molecule has 0 atom stereocenters. The molecule has 0 radical (unpaired) electrons. The molecule has 226 valence electrons. The largest absolute Gasteiger partial charge is 0.378 e. The predicted molar refractivity (Wildman–Crippen MR) is 185 cm³/mol. The van der Waals surface area contributed by atoms with E-state index in [1.165, 1.54) is 0 Å². The highest BCUT2D eigenvalue weighted by molar-refractivity contribution is 6.90. The van der Waals surface area contributed by atoms with Gasteiger partial charge in [0.15, 0.2) is 0 Å². The quantitative estimate of drug-likeness (QED) is 0.247. The maximum atomic E-state index is 9.83. The Kier molecular flexibility index (Phi) is 14.0. The molecule has 3 nitrogen and oxygen atoms in total. The van der Waals surface area contributed by atoms with Gasteiger partial charge in [0.1, 0.15) is 25.1 Å². The van der Waals surface area contributed by atoms with Crippen LogP contribution in [-0.4, -0.2) is 28.7 Å². The molecule has 43 heavy (non-hydrogen) atoms.